The minimum absolute atomic E-state index is 0.271. The zero-order valence-electron chi connectivity index (χ0n) is 6.68. The second-order valence-electron chi connectivity index (χ2n) is 2.53. The average Bonchev–Trinajstić information content (AvgIpc) is 2.67. The van der Waals surface area contributed by atoms with Crippen molar-refractivity contribution in [3.63, 3.8) is 0 Å². The highest BCUT2D eigenvalue weighted by atomic mass is 15.3. The number of fused-ring (bicyclic) bond motifs is 1. The van der Waals surface area contributed by atoms with Gasteiger partial charge in [0.25, 0.3) is 0 Å². The fourth-order valence-corrected chi connectivity index (χ4v) is 1.19. The minimum atomic E-state index is 0.271. The van der Waals surface area contributed by atoms with Crippen LogP contribution in [0.2, 0.25) is 0 Å². The molecule has 62 valence electrons. The van der Waals surface area contributed by atoms with Crippen LogP contribution in [0.15, 0.2) is 18.5 Å². The van der Waals surface area contributed by atoms with E-state index in [4.69, 9.17) is 10.5 Å². The van der Waals surface area contributed by atoms with Gasteiger partial charge in [-0.2, -0.15) is 15.6 Å². The number of nitrogens with zero attached hydrogens (tertiary/aromatic N) is 5. The molecule has 0 aliphatic heterocycles. The molecule has 13 heavy (non-hydrogen) atoms. The summed E-state index contributed by atoms with van der Waals surface area (Å²) < 4.78 is 3.31. The van der Waals surface area contributed by atoms with E-state index in [1.54, 1.807) is 27.5 Å². The van der Waals surface area contributed by atoms with E-state index in [1.807, 2.05) is 12.1 Å². The van der Waals surface area contributed by atoms with Crippen LogP contribution in [-0.4, -0.2) is 14.2 Å². The van der Waals surface area contributed by atoms with Crippen LogP contribution in [0.1, 0.15) is 5.69 Å². The largest absolute Gasteiger partial charge is 0.318 e. The fraction of sp³-hybridized carbons (Fsp3) is 0.125. The Morgan fingerprint density at radius 1 is 1.38 bits per heavy atom. The Balaban J connectivity index is 2.61. The summed E-state index contributed by atoms with van der Waals surface area (Å²) in [5, 5.41) is 21.0. The molecule has 0 spiro atoms. The van der Waals surface area contributed by atoms with Gasteiger partial charge in [0.1, 0.15) is 18.3 Å². The first-order valence-electron chi connectivity index (χ1n) is 3.66. The molecule has 0 atom stereocenters. The van der Waals surface area contributed by atoms with Crippen molar-refractivity contribution in [1.82, 2.24) is 14.2 Å². The van der Waals surface area contributed by atoms with Gasteiger partial charge in [-0.05, 0) is 0 Å². The van der Waals surface area contributed by atoms with Crippen LogP contribution in [0.5, 0.6) is 0 Å². The Hall–Kier alpha value is -2.27. The van der Waals surface area contributed by atoms with Crippen molar-refractivity contribution >= 4 is 5.65 Å². The van der Waals surface area contributed by atoms with Crippen molar-refractivity contribution in [3.05, 3.63) is 24.2 Å². The van der Waals surface area contributed by atoms with Crippen LogP contribution >= 0.6 is 0 Å². The zero-order valence-corrected chi connectivity index (χ0v) is 6.68. The molecule has 5 nitrogen and oxygen atoms in total. The molecule has 0 fully saturated rings. The molecule has 0 N–H and O–H groups in total. The van der Waals surface area contributed by atoms with Crippen molar-refractivity contribution in [2.75, 3.05) is 0 Å². The predicted octanol–water partition coefficient (Wildman–Crippen LogP) is 0.531. The number of hydrogen-bond acceptors (Lipinski definition) is 3. The first-order valence-corrected chi connectivity index (χ1v) is 3.66. The number of nitriles is 2. The lowest BCUT2D eigenvalue weighted by molar-refractivity contribution is 0.858. The van der Waals surface area contributed by atoms with Gasteiger partial charge >= 0.3 is 0 Å². The maximum absolute atomic E-state index is 8.58. The summed E-state index contributed by atoms with van der Waals surface area (Å²) in [5.41, 5.74) is 1.13. The van der Waals surface area contributed by atoms with Gasteiger partial charge in [-0.25, -0.2) is 4.52 Å². The first kappa shape index (κ1) is 7.38. The highest BCUT2D eigenvalue weighted by Gasteiger charge is 2.04. The first-order chi connectivity index (χ1) is 6.35. The third kappa shape index (κ3) is 1.03. The molecule has 2 aromatic rings. The Morgan fingerprint density at radius 3 is 2.92 bits per heavy atom. The van der Waals surface area contributed by atoms with Gasteiger partial charge in [-0.15, -0.1) is 0 Å². The second kappa shape index (κ2) is 2.65. The van der Waals surface area contributed by atoms with Crippen molar-refractivity contribution in [2.24, 2.45) is 0 Å². The van der Waals surface area contributed by atoms with Gasteiger partial charge in [0.05, 0.1) is 6.07 Å². The Morgan fingerprint density at radius 2 is 2.23 bits per heavy atom. The van der Waals surface area contributed by atoms with E-state index in [0.717, 1.165) is 5.65 Å². The summed E-state index contributed by atoms with van der Waals surface area (Å²) in [6.45, 7) is 0.271. The summed E-state index contributed by atoms with van der Waals surface area (Å²) in [4.78, 5) is 0. The predicted molar refractivity (Wildman–Crippen MR) is 43.5 cm³/mol. The minimum Gasteiger partial charge on any atom is -0.318 e. The van der Waals surface area contributed by atoms with Crippen molar-refractivity contribution in [2.45, 2.75) is 6.54 Å². The van der Waals surface area contributed by atoms with Gasteiger partial charge in [-0.3, -0.25) is 0 Å². The maximum atomic E-state index is 8.58. The van der Waals surface area contributed by atoms with E-state index >= 15 is 0 Å². The molecule has 0 radical (unpaired) electrons. The fourth-order valence-electron chi connectivity index (χ4n) is 1.19. The van der Waals surface area contributed by atoms with Gasteiger partial charge in [0.2, 0.25) is 0 Å². The summed E-state index contributed by atoms with van der Waals surface area (Å²) in [6, 6.07) is 5.62. The van der Waals surface area contributed by atoms with Gasteiger partial charge in [-0.1, -0.05) is 0 Å². The van der Waals surface area contributed by atoms with Crippen molar-refractivity contribution in [1.29, 1.82) is 10.5 Å². The second-order valence-corrected chi connectivity index (χ2v) is 2.53. The van der Waals surface area contributed by atoms with E-state index in [-0.39, 0.29) is 6.54 Å². The molecule has 5 heteroatoms. The normalized spacial score (nSPS) is 9.69. The molecule has 0 amide bonds. The summed E-state index contributed by atoms with van der Waals surface area (Å²) >= 11 is 0. The number of rotatable bonds is 1. The average molecular weight is 171 g/mol. The number of aromatic nitrogens is 3. The molecular weight excluding hydrogens is 166 g/mol. The van der Waals surface area contributed by atoms with Crippen molar-refractivity contribution < 1.29 is 0 Å². The zero-order chi connectivity index (χ0) is 9.26. The third-order valence-electron chi connectivity index (χ3n) is 1.75. The molecule has 0 aromatic carbocycles. The van der Waals surface area contributed by atoms with Crippen molar-refractivity contribution in [3.8, 4) is 12.1 Å². The Bertz CT molecular complexity index is 519. The van der Waals surface area contributed by atoms with Crippen LogP contribution in [0.4, 0.5) is 0 Å². The molecule has 2 aromatic heterocycles. The molecule has 0 saturated heterocycles. The number of imidazole rings is 1. The molecule has 0 bridgehead atoms. The summed E-state index contributed by atoms with van der Waals surface area (Å²) in [6.07, 6.45) is 3.47. The third-order valence-corrected chi connectivity index (χ3v) is 1.75. The topological polar surface area (TPSA) is 69.8 Å². The summed E-state index contributed by atoms with van der Waals surface area (Å²) in [7, 11) is 0. The summed E-state index contributed by atoms with van der Waals surface area (Å²) in [5.74, 6) is 0. The van der Waals surface area contributed by atoms with Gasteiger partial charge in [0, 0.05) is 18.5 Å². The van der Waals surface area contributed by atoms with Crippen LogP contribution in [-0.2, 0) is 6.54 Å². The molecule has 0 aliphatic rings. The Kier molecular flexibility index (Phi) is 1.50. The molecule has 0 aliphatic carbocycles. The SMILES string of the molecule is N#CCn1ccn2nc(C#N)cc12. The Labute approximate surface area is 74.0 Å². The maximum Gasteiger partial charge on any atom is 0.165 e. The van der Waals surface area contributed by atoms with E-state index in [1.165, 1.54) is 0 Å². The lowest BCUT2D eigenvalue weighted by Gasteiger charge is -1.91. The van der Waals surface area contributed by atoms with E-state index in [9.17, 15) is 0 Å². The molecule has 0 unspecified atom stereocenters. The smallest absolute Gasteiger partial charge is 0.165 e. The highest BCUT2D eigenvalue weighted by Crippen LogP contribution is 2.06. The van der Waals surface area contributed by atoms with E-state index in [2.05, 4.69) is 5.10 Å². The monoisotopic (exact) mass is 171 g/mol. The van der Waals surface area contributed by atoms with E-state index in [0.29, 0.717) is 5.69 Å². The van der Waals surface area contributed by atoms with Crippen LogP contribution in [0.3, 0.4) is 0 Å². The standard InChI is InChI=1S/C8H5N5/c9-1-2-12-3-4-13-8(12)5-7(6-10)11-13/h3-5H,2H2. The lowest BCUT2D eigenvalue weighted by Crippen LogP contribution is -1.92. The van der Waals surface area contributed by atoms with Gasteiger partial charge in [0.15, 0.2) is 5.69 Å². The molecular formula is C8H5N5. The van der Waals surface area contributed by atoms with Crippen LogP contribution in [0.25, 0.3) is 5.65 Å². The highest BCUT2D eigenvalue weighted by molar-refractivity contribution is 5.44. The molecule has 0 saturated carbocycles. The molecule has 2 rings (SSSR count). The van der Waals surface area contributed by atoms with Crippen LogP contribution < -0.4 is 0 Å². The van der Waals surface area contributed by atoms with Gasteiger partial charge < -0.3 is 4.57 Å². The molecule has 2 heterocycles. The number of hydrogen-bond donors (Lipinski definition) is 0. The van der Waals surface area contributed by atoms with Crippen LogP contribution in [0, 0.1) is 22.7 Å². The quantitative estimate of drug-likeness (QED) is 0.628. The lowest BCUT2D eigenvalue weighted by atomic mass is 10.5. The van der Waals surface area contributed by atoms with E-state index < -0.39 is 0 Å².